The molecule has 0 fully saturated rings. The fraction of sp³-hybridized carbons (Fsp3) is 0.867. The molecule has 0 radical (unpaired) electrons. The summed E-state index contributed by atoms with van der Waals surface area (Å²) in [5.74, 6) is 6.45. The third kappa shape index (κ3) is 7.18. The van der Waals surface area contributed by atoms with Crippen LogP contribution >= 0.6 is 0 Å². The summed E-state index contributed by atoms with van der Waals surface area (Å²) in [4.78, 5) is 0. The van der Waals surface area contributed by atoms with Gasteiger partial charge in [0.15, 0.2) is 0 Å². The fourth-order valence-electron chi connectivity index (χ4n) is 1.15. The Morgan fingerprint density at radius 1 is 1.17 bits per heavy atom. The van der Waals surface area contributed by atoms with Crippen molar-refractivity contribution in [1.82, 2.24) is 4.72 Å². The summed E-state index contributed by atoms with van der Waals surface area (Å²) in [6.07, 6.45) is 3.22. The van der Waals surface area contributed by atoms with Crippen molar-refractivity contribution in [3.63, 3.8) is 0 Å². The zero-order chi connectivity index (χ0) is 14.4. The smallest absolute Gasteiger partial charge is 0.0981 e. The van der Waals surface area contributed by atoms with E-state index in [0.717, 1.165) is 19.3 Å². The van der Waals surface area contributed by atoms with Crippen LogP contribution in [-0.4, -0.2) is 15.0 Å². The Morgan fingerprint density at radius 2 is 1.72 bits per heavy atom. The lowest BCUT2D eigenvalue weighted by atomic mass is 9.88. The molecule has 0 aliphatic heterocycles. The second-order valence-electron chi connectivity index (χ2n) is 6.72. The van der Waals surface area contributed by atoms with Crippen molar-refractivity contribution in [2.45, 2.75) is 78.5 Å². The van der Waals surface area contributed by atoms with Gasteiger partial charge in [-0.2, -0.15) is 0 Å². The van der Waals surface area contributed by atoms with E-state index in [1.165, 1.54) is 0 Å². The van der Waals surface area contributed by atoms with Gasteiger partial charge < -0.3 is 0 Å². The van der Waals surface area contributed by atoms with E-state index in [0.29, 0.717) is 0 Å². The van der Waals surface area contributed by atoms with Crippen LogP contribution in [0.2, 0.25) is 0 Å². The number of rotatable bonds is 4. The van der Waals surface area contributed by atoms with Gasteiger partial charge in [0, 0.05) is 6.42 Å². The molecule has 0 aliphatic carbocycles. The van der Waals surface area contributed by atoms with Crippen molar-refractivity contribution >= 4 is 11.0 Å². The Labute approximate surface area is 116 Å². The summed E-state index contributed by atoms with van der Waals surface area (Å²) in [7, 11) is -1.07. The first-order valence-electron chi connectivity index (χ1n) is 6.75. The number of nitrogens with one attached hydrogen (secondary N) is 1. The average Bonchev–Trinajstić information content (AvgIpc) is 2.19. The summed E-state index contributed by atoms with van der Waals surface area (Å²) in [5.41, 5.74) is -0.0138. The highest BCUT2D eigenvalue weighted by Gasteiger charge is 2.28. The summed E-state index contributed by atoms with van der Waals surface area (Å²) < 4.78 is 15.1. The molecule has 0 spiro atoms. The van der Waals surface area contributed by atoms with Crippen molar-refractivity contribution in [3.8, 4) is 11.8 Å². The van der Waals surface area contributed by atoms with E-state index in [-0.39, 0.29) is 16.2 Å². The third-order valence-corrected chi connectivity index (χ3v) is 4.11. The maximum Gasteiger partial charge on any atom is 0.0981 e. The maximum atomic E-state index is 12.1. The average molecular weight is 271 g/mol. The highest BCUT2D eigenvalue weighted by Crippen LogP contribution is 2.21. The Balaban J connectivity index is 4.71. The molecule has 3 heteroatoms. The molecule has 106 valence electrons. The Bertz CT molecular complexity index is 325. The Kier molecular flexibility index (Phi) is 7.17. The van der Waals surface area contributed by atoms with Gasteiger partial charge in [0.1, 0.15) is 0 Å². The highest BCUT2D eigenvalue weighted by molar-refractivity contribution is 7.84. The summed E-state index contributed by atoms with van der Waals surface area (Å²) >= 11 is 0. The quantitative estimate of drug-likeness (QED) is 0.614. The van der Waals surface area contributed by atoms with E-state index in [1.807, 2.05) is 20.8 Å². The second kappa shape index (κ2) is 7.31. The first kappa shape index (κ1) is 17.7. The monoisotopic (exact) mass is 271 g/mol. The molecule has 0 aromatic heterocycles. The van der Waals surface area contributed by atoms with Gasteiger partial charge in [-0.25, -0.2) is 8.93 Å². The molecular formula is C15H29NOS. The highest BCUT2D eigenvalue weighted by atomic mass is 32.2. The normalized spacial score (nSPS) is 15.7. The zero-order valence-corrected chi connectivity index (χ0v) is 13.8. The Hall–Kier alpha value is -0.330. The molecule has 1 N–H and O–H groups in total. The van der Waals surface area contributed by atoms with Gasteiger partial charge in [-0.3, -0.25) is 0 Å². The number of unbranched alkanes of at least 4 members (excludes halogenated alkanes) is 2. The molecule has 0 rings (SSSR count). The fourth-order valence-corrected chi connectivity index (χ4v) is 2.13. The molecular weight excluding hydrogens is 242 g/mol. The van der Waals surface area contributed by atoms with E-state index in [2.05, 4.69) is 44.3 Å². The lowest BCUT2D eigenvalue weighted by Crippen LogP contribution is -2.45. The van der Waals surface area contributed by atoms with Crippen LogP contribution in [0.1, 0.15) is 67.7 Å². The molecule has 0 saturated heterocycles. The first-order valence-corrected chi connectivity index (χ1v) is 7.90. The van der Waals surface area contributed by atoms with E-state index in [9.17, 15) is 4.21 Å². The van der Waals surface area contributed by atoms with Crippen molar-refractivity contribution in [3.05, 3.63) is 0 Å². The number of hydrogen-bond acceptors (Lipinski definition) is 1. The molecule has 0 amide bonds. The molecule has 0 aromatic carbocycles. The lowest BCUT2D eigenvalue weighted by Gasteiger charge is -2.29. The first-order chi connectivity index (χ1) is 8.09. The van der Waals surface area contributed by atoms with Crippen molar-refractivity contribution < 1.29 is 4.21 Å². The van der Waals surface area contributed by atoms with Crippen LogP contribution in [0.25, 0.3) is 0 Å². The van der Waals surface area contributed by atoms with Gasteiger partial charge in [0.05, 0.1) is 21.8 Å². The van der Waals surface area contributed by atoms with Crippen molar-refractivity contribution in [2.24, 2.45) is 5.41 Å². The van der Waals surface area contributed by atoms with Gasteiger partial charge in [0.25, 0.3) is 0 Å². The predicted molar refractivity (Wildman–Crippen MR) is 81.6 cm³/mol. The van der Waals surface area contributed by atoms with E-state index >= 15 is 0 Å². The summed E-state index contributed by atoms with van der Waals surface area (Å²) in [5, 5.41) is 0. The van der Waals surface area contributed by atoms with Gasteiger partial charge in [-0.05, 0) is 32.6 Å². The predicted octanol–water partition coefficient (Wildman–Crippen LogP) is 3.65. The minimum absolute atomic E-state index is 0.0138. The molecule has 18 heavy (non-hydrogen) atoms. The molecule has 0 heterocycles. The van der Waals surface area contributed by atoms with Crippen LogP contribution in [-0.2, 0) is 11.0 Å². The maximum absolute atomic E-state index is 12.1. The Morgan fingerprint density at radius 3 is 2.11 bits per heavy atom. The molecule has 0 bridgehead atoms. The third-order valence-electron chi connectivity index (χ3n) is 2.55. The van der Waals surface area contributed by atoms with Crippen molar-refractivity contribution in [1.29, 1.82) is 0 Å². The SMILES string of the molecule is CCCCC#C[C@H](N[S@](=O)C(C)(C)C)C(C)(C)C. The van der Waals surface area contributed by atoms with E-state index in [1.54, 1.807) is 0 Å². The standard InChI is InChI=1S/C15H29NOS/c1-8-9-10-11-12-13(14(2,3)4)16-18(17)15(5,6)7/h13,16H,8-10H2,1-7H3/t13-,18+/m0/s1. The molecule has 0 aromatic rings. The van der Waals surface area contributed by atoms with Gasteiger partial charge >= 0.3 is 0 Å². The topological polar surface area (TPSA) is 29.1 Å². The number of hydrogen-bond donors (Lipinski definition) is 1. The van der Waals surface area contributed by atoms with Crippen LogP contribution in [0.4, 0.5) is 0 Å². The van der Waals surface area contributed by atoms with Crippen LogP contribution in [0, 0.1) is 17.3 Å². The summed E-state index contributed by atoms with van der Waals surface area (Å²) in [6.45, 7) is 14.5. The minimum atomic E-state index is -1.07. The van der Waals surface area contributed by atoms with Gasteiger partial charge in [-0.1, -0.05) is 40.0 Å². The van der Waals surface area contributed by atoms with Crippen LogP contribution in [0.15, 0.2) is 0 Å². The van der Waals surface area contributed by atoms with Crippen LogP contribution in [0.3, 0.4) is 0 Å². The van der Waals surface area contributed by atoms with Crippen molar-refractivity contribution in [2.75, 3.05) is 0 Å². The van der Waals surface area contributed by atoms with Gasteiger partial charge in [0.2, 0.25) is 0 Å². The molecule has 0 unspecified atom stereocenters. The minimum Gasteiger partial charge on any atom is -0.242 e. The molecule has 0 saturated carbocycles. The van der Waals surface area contributed by atoms with E-state index < -0.39 is 11.0 Å². The molecule has 2 atom stereocenters. The zero-order valence-electron chi connectivity index (χ0n) is 13.0. The largest absolute Gasteiger partial charge is 0.242 e. The summed E-state index contributed by atoms with van der Waals surface area (Å²) in [6, 6.07) is -0.0329. The van der Waals surface area contributed by atoms with E-state index in [4.69, 9.17) is 0 Å². The molecule has 0 aliphatic rings. The lowest BCUT2D eigenvalue weighted by molar-refractivity contribution is 0.355. The second-order valence-corrected chi connectivity index (χ2v) is 8.72. The van der Waals surface area contributed by atoms with Crippen LogP contribution in [0.5, 0.6) is 0 Å². The van der Waals surface area contributed by atoms with Crippen LogP contribution < -0.4 is 4.72 Å². The molecule has 2 nitrogen and oxygen atoms in total. The van der Waals surface area contributed by atoms with Gasteiger partial charge in [-0.15, -0.1) is 5.92 Å².